The molecular formula is C26H30ClN3O6. The molecule has 0 bridgehead atoms. The fourth-order valence-electron chi connectivity index (χ4n) is 4.55. The van der Waals surface area contributed by atoms with Crippen molar-refractivity contribution in [1.29, 1.82) is 0 Å². The number of likely N-dealkylation sites (N-methyl/N-ethyl adjacent to an activating group) is 1. The van der Waals surface area contributed by atoms with Crippen LogP contribution in [0, 0.1) is 0 Å². The van der Waals surface area contributed by atoms with Crippen LogP contribution >= 0.6 is 11.6 Å². The zero-order valence-corrected chi connectivity index (χ0v) is 21.0. The van der Waals surface area contributed by atoms with Crippen molar-refractivity contribution < 1.29 is 28.6 Å². The summed E-state index contributed by atoms with van der Waals surface area (Å²) in [5.74, 6) is -0.240. The molecule has 0 aliphatic carbocycles. The number of methoxy groups -OCH3 is 1. The number of nitrogens with one attached hydrogen (secondary N) is 2. The SMILES string of the molecule is COCC(=O)Nc1ccc2c(c1)C(=O)N(C)[C@H]1CC[C@H](CC(=O)NCc3ccccc3Cl)O[C@H]1CO2. The van der Waals surface area contributed by atoms with Crippen molar-refractivity contribution in [3.05, 3.63) is 58.6 Å². The van der Waals surface area contributed by atoms with E-state index < -0.39 is 0 Å². The summed E-state index contributed by atoms with van der Waals surface area (Å²) in [4.78, 5) is 39.4. The van der Waals surface area contributed by atoms with E-state index >= 15 is 0 Å². The number of ether oxygens (including phenoxy) is 3. The highest BCUT2D eigenvalue weighted by Gasteiger charge is 2.39. The van der Waals surface area contributed by atoms with Gasteiger partial charge in [-0.25, -0.2) is 0 Å². The molecule has 2 aromatic rings. The third-order valence-electron chi connectivity index (χ3n) is 6.42. The van der Waals surface area contributed by atoms with Gasteiger partial charge in [0, 0.05) is 31.4 Å². The van der Waals surface area contributed by atoms with Crippen molar-refractivity contribution in [2.45, 2.75) is 44.1 Å². The minimum atomic E-state index is -0.372. The molecule has 0 radical (unpaired) electrons. The van der Waals surface area contributed by atoms with Gasteiger partial charge in [-0.3, -0.25) is 14.4 Å². The van der Waals surface area contributed by atoms with Gasteiger partial charge < -0.3 is 29.7 Å². The van der Waals surface area contributed by atoms with Crippen LogP contribution in [-0.4, -0.2) is 68.2 Å². The molecule has 2 aromatic carbocycles. The fourth-order valence-corrected chi connectivity index (χ4v) is 4.75. The summed E-state index contributed by atoms with van der Waals surface area (Å²) in [5, 5.41) is 6.22. The van der Waals surface area contributed by atoms with E-state index in [1.54, 1.807) is 36.2 Å². The molecular weight excluding hydrogens is 486 g/mol. The second-order valence-electron chi connectivity index (χ2n) is 8.93. The monoisotopic (exact) mass is 515 g/mol. The van der Waals surface area contributed by atoms with E-state index in [9.17, 15) is 14.4 Å². The first-order chi connectivity index (χ1) is 17.4. The average molecular weight is 516 g/mol. The lowest BCUT2D eigenvalue weighted by Crippen LogP contribution is -2.53. The fraction of sp³-hybridized carbons (Fsp3) is 0.423. The van der Waals surface area contributed by atoms with Crippen LogP contribution in [0.3, 0.4) is 0 Å². The van der Waals surface area contributed by atoms with Gasteiger partial charge in [0.2, 0.25) is 11.8 Å². The molecule has 0 unspecified atom stereocenters. The Morgan fingerprint density at radius 1 is 1.17 bits per heavy atom. The summed E-state index contributed by atoms with van der Waals surface area (Å²) in [6, 6.07) is 12.1. The van der Waals surface area contributed by atoms with Gasteiger partial charge in [0.05, 0.1) is 24.1 Å². The molecule has 2 heterocycles. The van der Waals surface area contributed by atoms with E-state index in [0.29, 0.717) is 41.4 Å². The lowest BCUT2D eigenvalue weighted by molar-refractivity contribution is -0.134. The molecule has 2 aliphatic heterocycles. The molecule has 192 valence electrons. The number of halogens is 1. The Bertz CT molecular complexity index is 1130. The summed E-state index contributed by atoms with van der Waals surface area (Å²) in [7, 11) is 3.18. The topological polar surface area (TPSA) is 106 Å². The Morgan fingerprint density at radius 3 is 2.75 bits per heavy atom. The van der Waals surface area contributed by atoms with Gasteiger partial charge in [-0.1, -0.05) is 29.8 Å². The first kappa shape index (κ1) is 25.9. The van der Waals surface area contributed by atoms with Crippen LogP contribution < -0.4 is 15.4 Å². The summed E-state index contributed by atoms with van der Waals surface area (Å²) >= 11 is 6.16. The number of carbonyl (C=O) groups is 3. The van der Waals surface area contributed by atoms with Crippen LogP contribution in [0.15, 0.2) is 42.5 Å². The van der Waals surface area contributed by atoms with Crippen molar-refractivity contribution in [2.24, 2.45) is 0 Å². The Hall–Kier alpha value is -3.14. The van der Waals surface area contributed by atoms with Gasteiger partial charge in [-0.2, -0.15) is 0 Å². The zero-order valence-electron chi connectivity index (χ0n) is 20.3. The summed E-state index contributed by atoms with van der Waals surface area (Å²) in [5.41, 5.74) is 1.71. The minimum absolute atomic E-state index is 0.0816. The zero-order chi connectivity index (χ0) is 25.7. The molecule has 10 heteroatoms. The molecule has 2 aliphatic rings. The summed E-state index contributed by atoms with van der Waals surface area (Å²) in [6.45, 7) is 0.506. The quantitative estimate of drug-likeness (QED) is 0.587. The maximum absolute atomic E-state index is 13.3. The number of anilines is 1. The highest BCUT2D eigenvalue weighted by molar-refractivity contribution is 6.31. The molecule has 2 N–H and O–H groups in total. The number of nitrogens with zero attached hydrogens (tertiary/aromatic N) is 1. The van der Waals surface area contributed by atoms with Crippen LogP contribution in [0.4, 0.5) is 5.69 Å². The highest BCUT2D eigenvalue weighted by Crippen LogP contribution is 2.32. The second-order valence-corrected chi connectivity index (χ2v) is 9.34. The molecule has 0 aromatic heterocycles. The number of benzene rings is 2. The highest BCUT2D eigenvalue weighted by atomic mass is 35.5. The Morgan fingerprint density at radius 2 is 1.97 bits per heavy atom. The van der Waals surface area contributed by atoms with Gasteiger partial charge in [-0.05, 0) is 42.7 Å². The van der Waals surface area contributed by atoms with Crippen molar-refractivity contribution in [3.8, 4) is 5.75 Å². The van der Waals surface area contributed by atoms with E-state index in [4.69, 9.17) is 25.8 Å². The molecule has 1 saturated heterocycles. The Balaban J connectivity index is 1.38. The van der Waals surface area contributed by atoms with Crippen molar-refractivity contribution >= 4 is 35.0 Å². The maximum Gasteiger partial charge on any atom is 0.257 e. The molecule has 9 nitrogen and oxygen atoms in total. The van der Waals surface area contributed by atoms with Crippen LogP contribution in [0.2, 0.25) is 5.02 Å². The normalized spacial score (nSPS) is 21.4. The molecule has 4 rings (SSSR count). The summed E-state index contributed by atoms with van der Waals surface area (Å²) in [6.07, 6.45) is 0.883. The number of fused-ring (bicyclic) bond motifs is 2. The number of amides is 3. The van der Waals surface area contributed by atoms with E-state index in [2.05, 4.69) is 10.6 Å². The van der Waals surface area contributed by atoms with Gasteiger partial charge in [0.1, 0.15) is 25.1 Å². The predicted octanol–water partition coefficient (Wildman–Crippen LogP) is 3.01. The number of rotatable bonds is 7. The van der Waals surface area contributed by atoms with Gasteiger partial charge in [0.25, 0.3) is 5.91 Å². The van der Waals surface area contributed by atoms with Crippen LogP contribution in [-0.2, 0) is 25.6 Å². The van der Waals surface area contributed by atoms with E-state index in [1.807, 2.05) is 18.2 Å². The Labute approximate surface area is 215 Å². The van der Waals surface area contributed by atoms with Gasteiger partial charge in [-0.15, -0.1) is 0 Å². The second kappa shape index (κ2) is 11.7. The van der Waals surface area contributed by atoms with Crippen LogP contribution in [0.5, 0.6) is 5.75 Å². The van der Waals surface area contributed by atoms with Crippen molar-refractivity contribution in [1.82, 2.24) is 10.2 Å². The smallest absolute Gasteiger partial charge is 0.257 e. The standard InChI is InChI=1S/C26H30ClN3O6/c1-30-21-9-8-18(12-24(31)28-13-16-5-3-4-6-20(16)27)36-23(21)14-35-22-10-7-17(11-19(22)26(30)33)29-25(32)15-34-2/h3-7,10-11,18,21,23H,8-9,12-15H2,1-2H3,(H,28,31)(H,29,32)/t18-,21+,23+/m1/s1. The third-order valence-corrected chi connectivity index (χ3v) is 6.79. The third kappa shape index (κ3) is 6.16. The van der Waals surface area contributed by atoms with Crippen LogP contribution in [0.1, 0.15) is 35.2 Å². The molecule has 3 amide bonds. The summed E-state index contributed by atoms with van der Waals surface area (Å²) < 4.78 is 17.0. The molecule has 36 heavy (non-hydrogen) atoms. The predicted molar refractivity (Wildman–Crippen MR) is 134 cm³/mol. The lowest BCUT2D eigenvalue weighted by atomic mass is 9.94. The first-order valence-corrected chi connectivity index (χ1v) is 12.2. The average Bonchev–Trinajstić information content (AvgIpc) is 2.86. The lowest BCUT2D eigenvalue weighted by Gasteiger charge is -2.42. The molecule has 0 saturated carbocycles. The van der Waals surface area contributed by atoms with Gasteiger partial charge >= 0.3 is 0 Å². The largest absolute Gasteiger partial charge is 0.490 e. The minimum Gasteiger partial charge on any atom is -0.490 e. The van der Waals surface area contributed by atoms with E-state index in [1.165, 1.54) is 7.11 Å². The van der Waals surface area contributed by atoms with Crippen LogP contribution in [0.25, 0.3) is 0 Å². The molecule has 0 spiro atoms. The number of hydrogen-bond donors (Lipinski definition) is 2. The number of carbonyl (C=O) groups excluding carboxylic acids is 3. The van der Waals surface area contributed by atoms with E-state index in [-0.39, 0.29) is 55.6 Å². The first-order valence-electron chi connectivity index (χ1n) is 11.8. The molecule has 3 atom stereocenters. The molecule has 1 fully saturated rings. The van der Waals surface area contributed by atoms with Crippen molar-refractivity contribution in [3.63, 3.8) is 0 Å². The van der Waals surface area contributed by atoms with Gasteiger partial charge in [0.15, 0.2) is 0 Å². The Kier molecular flexibility index (Phi) is 8.45. The number of hydrogen-bond acceptors (Lipinski definition) is 6. The van der Waals surface area contributed by atoms with Crippen molar-refractivity contribution in [2.75, 3.05) is 32.7 Å². The maximum atomic E-state index is 13.3. The van der Waals surface area contributed by atoms with E-state index in [0.717, 1.165) is 5.56 Å².